The summed E-state index contributed by atoms with van der Waals surface area (Å²) in [4.78, 5) is 15.4. The summed E-state index contributed by atoms with van der Waals surface area (Å²) in [6.45, 7) is 2.61. The van der Waals surface area contributed by atoms with Crippen LogP contribution in [-0.2, 0) is 0 Å². The molecule has 0 spiro atoms. The van der Waals surface area contributed by atoms with Crippen molar-refractivity contribution in [3.63, 3.8) is 0 Å². The normalized spacial score (nSPS) is 9.80. The molecule has 0 fully saturated rings. The third-order valence-electron chi connectivity index (χ3n) is 1.78. The summed E-state index contributed by atoms with van der Waals surface area (Å²) in [5.74, 6) is 5.32. The minimum absolute atomic E-state index is 0.185. The fourth-order valence-electron chi connectivity index (χ4n) is 1.01. The van der Waals surface area contributed by atoms with Gasteiger partial charge >= 0.3 is 0 Å². The number of rotatable bonds is 4. The van der Waals surface area contributed by atoms with Gasteiger partial charge in [-0.25, -0.2) is 10.8 Å². The van der Waals surface area contributed by atoms with Crippen LogP contribution < -0.4 is 16.6 Å². The van der Waals surface area contributed by atoms with Crippen molar-refractivity contribution in [2.45, 2.75) is 13.3 Å². The van der Waals surface area contributed by atoms with Crippen LogP contribution in [0.1, 0.15) is 23.7 Å². The van der Waals surface area contributed by atoms with Crippen molar-refractivity contribution in [2.75, 3.05) is 12.0 Å². The van der Waals surface area contributed by atoms with Crippen molar-refractivity contribution < 1.29 is 4.79 Å². The highest BCUT2D eigenvalue weighted by Gasteiger charge is 2.08. The Kier molecular flexibility index (Phi) is 4.33. The average molecular weight is 229 g/mol. The van der Waals surface area contributed by atoms with Crippen LogP contribution in [-0.4, -0.2) is 17.4 Å². The maximum absolute atomic E-state index is 11.5. The van der Waals surface area contributed by atoms with Crippen molar-refractivity contribution in [1.29, 1.82) is 0 Å². The molecule has 0 aliphatic rings. The predicted molar refractivity (Wildman–Crippen MR) is 59.7 cm³/mol. The van der Waals surface area contributed by atoms with E-state index in [9.17, 15) is 4.79 Å². The molecule has 5 nitrogen and oxygen atoms in total. The van der Waals surface area contributed by atoms with Gasteiger partial charge in [-0.1, -0.05) is 18.5 Å². The van der Waals surface area contributed by atoms with Crippen LogP contribution in [0.15, 0.2) is 12.3 Å². The number of halogens is 1. The van der Waals surface area contributed by atoms with Crippen molar-refractivity contribution in [2.24, 2.45) is 5.84 Å². The van der Waals surface area contributed by atoms with Gasteiger partial charge in [0.2, 0.25) is 0 Å². The molecule has 1 heterocycles. The minimum atomic E-state index is -0.185. The number of hydrogen-bond donors (Lipinski definition) is 3. The van der Waals surface area contributed by atoms with Gasteiger partial charge in [0.15, 0.2) is 5.82 Å². The molecule has 1 amide bonds. The Hall–Kier alpha value is -1.33. The van der Waals surface area contributed by atoms with Crippen LogP contribution >= 0.6 is 11.6 Å². The van der Waals surface area contributed by atoms with Gasteiger partial charge in [0.05, 0.1) is 10.6 Å². The highest BCUT2D eigenvalue weighted by atomic mass is 35.5. The number of nitrogens with zero attached hydrogens (tertiary/aromatic N) is 1. The van der Waals surface area contributed by atoms with E-state index in [-0.39, 0.29) is 5.91 Å². The number of carbonyl (C=O) groups excluding carboxylic acids is 1. The van der Waals surface area contributed by atoms with Crippen LogP contribution in [0, 0.1) is 0 Å². The third kappa shape index (κ3) is 3.07. The minimum Gasteiger partial charge on any atom is -0.352 e. The number of aromatic nitrogens is 1. The van der Waals surface area contributed by atoms with Crippen LogP contribution in [0.2, 0.25) is 5.02 Å². The number of hydrogen-bond acceptors (Lipinski definition) is 4. The second-order valence-corrected chi connectivity index (χ2v) is 3.36. The average Bonchev–Trinajstić information content (AvgIpc) is 2.25. The molecule has 0 radical (unpaired) electrons. The molecule has 4 N–H and O–H groups in total. The number of hydrazine groups is 1. The summed E-state index contributed by atoms with van der Waals surface area (Å²) < 4.78 is 0. The Morgan fingerprint density at radius 3 is 2.93 bits per heavy atom. The van der Waals surface area contributed by atoms with E-state index in [1.807, 2.05) is 6.92 Å². The van der Waals surface area contributed by atoms with E-state index in [1.165, 1.54) is 12.3 Å². The number of amides is 1. The SMILES string of the molecule is CCCNC(=O)c1cnc(NN)c(Cl)c1. The first-order valence-corrected chi connectivity index (χ1v) is 4.97. The number of nitrogens with two attached hydrogens (primary N) is 1. The van der Waals surface area contributed by atoms with Crippen LogP contribution in [0.4, 0.5) is 5.82 Å². The highest BCUT2D eigenvalue weighted by molar-refractivity contribution is 6.33. The zero-order valence-electron chi connectivity index (χ0n) is 8.38. The molecule has 1 aromatic heterocycles. The molecule has 15 heavy (non-hydrogen) atoms. The summed E-state index contributed by atoms with van der Waals surface area (Å²) in [6.07, 6.45) is 2.31. The van der Waals surface area contributed by atoms with Gasteiger partial charge in [-0.2, -0.15) is 0 Å². The molecule has 0 bridgehead atoms. The molecule has 0 aliphatic heterocycles. The van der Waals surface area contributed by atoms with Gasteiger partial charge in [0, 0.05) is 12.7 Å². The standard InChI is InChI=1S/C9H13ClN4O/c1-2-3-12-9(15)6-4-7(10)8(14-11)13-5-6/h4-5H,2-3,11H2,1H3,(H,12,15)(H,13,14). The zero-order chi connectivity index (χ0) is 11.3. The lowest BCUT2D eigenvalue weighted by molar-refractivity contribution is 0.0953. The van der Waals surface area contributed by atoms with E-state index >= 15 is 0 Å². The van der Waals surface area contributed by atoms with Crippen LogP contribution in [0.5, 0.6) is 0 Å². The van der Waals surface area contributed by atoms with Crippen molar-refractivity contribution in [3.05, 3.63) is 22.8 Å². The lowest BCUT2D eigenvalue weighted by atomic mass is 10.2. The molecule has 0 aromatic carbocycles. The maximum Gasteiger partial charge on any atom is 0.252 e. The molecule has 0 saturated heterocycles. The first kappa shape index (κ1) is 11.7. The number of nitrogen functional groups attached to an aromatic ring is 1. The summed E-state index contributed by atoms with van der Waals surface area (Å²) >= 11 is 5.82. The van der Waals surface area contributed by atoms with Gasteiger partial charge in [-0.15, -0.1) is 0 Å². The molecule has 0 aliphatic carbocycles. The maximum atomic E-state index is 11.5. The Morgan fingerprint density at radius 2 is 2.40 bits per heavy atom. The lowest BCUT2D eigenvalue weighted by Gasteiger charge is -2.05. The Balaban J connectivity index is 2.78. The fraction of sp³-hybridized carbons (Fsp3) is 0.333. The molecule has 82 valence electrons. The summed E-state index contributed by atoms with van der Waals surface area (Å²) in [6, 6.07) is 1.52. The monoisotopic (exact) mass is 228 g/mol. The molecule has 6 heteroatoms. The van der Waals surface area contributed by atoms with Gasteiger partial charge < -0.3 is 10.7 Å². The van der Waals surface area contributed by atoms with E-state index in [2.05, 4.69) is 15.7 Å². The second kappa shape index (κ2) is 5.53. The molecule has 0 saturated carbocycles. The van der Waals surface area contributed by atoms with E-state index < -0.39 is 0 Å². The molecule has 1 rings (SSSR count). The molecule has 1 aromatic rings. The first-order valence-electron chi connectivity index (χ1n) is 4.59. The van der Waals surface area contributed by atoms with Crippen LogP contribution in [0.25, 0.3) is 0 Å². The molecule has 0 atom stereocenters. The van der Waals surface area contributed by atoms with Crippen molar-refractivity contribution >= 4 is 23.3 Å². The van der Waals surface area contributed by atoms with E-state index in [1.54, 1.807) is 0 Å². The summed E-state index contributed by atoms with van der Waals surface area (Å²) in [7, 11) is 0. The molecule has 0 unspecified atom stereocenters. The number of anilines is 1. The summed E-state index contributed by atoms with van der Waals surface area (Å²) in [5.41, 5.74) is 2.75. The summed E-state index contributed by atoms with van der Waals surface area (Å²) in [5, 5.41) is 3.05. The van der Waals surface area contributed by atoms with E-state index in [4.69, 9.17) is 17.4 Å². The quantitative estimate of drug-likeness (QED) is 0.534. The number of carbonyl (C=O) groups is 1. The second-order valence-electron chi connectivity index (χ2n) is 2.95. The fourth-order valence-corrected chi connectivity index (χ4v) is 1.23. The van der Waals surface area contributed by atoms with Gasteiger partial charge in [0.1, 0.15) is 0 Å². The number of pyridine rings is 1. The van der Waals surface area contributed by atoms with Crippen molar-refractivity contribution in [3.8, 4) is 0 Å². The van der Waals surface area contributed by atoms with Crippen molar-refractivity contribution in [1.82, 2.24) is 10.3 Å². The Labute approximate surface area is 93.0 Å². The van der Waals surface area contributed by atoms with Gasteiger partial charge in [-0.05, 0) is 12.5 Å². The largest absolute Gasteiger partial charge is 0.352 e. The Bertz CT molecular complexity index is 356. The smallest absolute Gasteiger partial charge is 0.252 e. The first-order chi connectivity index (χ1) is 7.19. The molecular formula is C9H13ClN4O. The highest BCUT2D eigenvalue weighted by Crippen LogP contribution is 2.18. The van der Waals surface area contributed by atoms with E-state index in [0.29, 0.717) is 22.9 Å². The van der Waals surface area contributed by atoms with Gasteiger partial charge in [0.25, 0.3) is 5.91 Å². The predicted octanol–water partition coefficient (Wildman–Crippen LogP) is 1.16. The van der Waals surface area contributed by atoms with E-state index in [0.717, 1.165) is 6.42 Å². The third-order valence-corrected chi connectivity index (χ3v) is 2.06. The topological polar surface area (TPSA) is 80.0 Å². The van der Waals surface area contributed by atoms with Gasteiger partial charge in [-0.3, -0.25) is 4.79 Å². The lowest BCUT2D eigenvalue weighted by Crippen LogP contribution is -2.24. The van der Waals surface area contributed by atoms with Crippen LogP contribution in [0.3, 0.4) is 0 Å². The Morgan fingerprint density at radius 1 is 1.67 bits per heavy atom. The number of nitrogens with one attached hydrogen (secondary N) is 2. The molecular weight excluding hydrogens is 216 g/mol. The zero-order valence-corrected chi connectivity index (χ0v) is 9.14.